The van der Waals surface area contributed by atoms with Crippen LogP contribution in [0.1, 0.15) is 79.7 Å². The quantitative estimate of drug-likeness (QED) is 0.378. The molecular weight excluding hydrogens is 436 g/mol. The molecule has 2 aromatic heterocycles. The maximum Gasteiger partial charge on any atom is 0.234 e. The Kier molecular flexibility index (Phi) is 7.68. The van der Waals surface area contributed by atoms with Gasteiger partial charge in [0.15, 0.2) is 5.16 Å². The fraction of sp³-hybridized carbons (Fsp3) is 0.480. The number of nitrogens with one attached hydrogen (secondary N) is 1. The minimum absolute atomic E-state index is 0.00389. The number of aryl methyl sites for hydroxylation is 1. The van der Waals surface area contributed by atoms with Gasteiger partial charge in [-0.3, -0.25) is 4.79 Å². The van der Waals surface area contributed by atoms with Crippen molar-refractivity contribution in [2.75, 3.05) is 11.1 Å². The third-order valence-corrected chi connectivity index (χ3v) is 7.93. The van der Waals surface area contributed by atoms with Gasteiger partial charge in [0.05, 0.1) is 5.75 Å². The summed E-state index contributed by atoms with van der Waals surface area (Å²) in [4.78, 5) is 14.2. The molecule has 170 valence electrons. The molecule has 1 saturated carbocycles. The van der Waals surface area contributed by atoms with E-state index in [0.29, 0.717) is 17.7 Å². The minimum atomic E-state index is 0.00389. The molecule has 32 heavy (non-hydrogen) atoms. The molecule has 0 unspecified atom stereocenters. The predicted molar refractivity (Wildman–Crippen MR) is 134 cm³/mol. The van der Waals surface area contributed by atoms with Crippen LogP contribution < -0.4 is 5.32 Å². The molecule has 0 atom stereocenters. The summed E-state index contributed by atoms with van der Waals surface area (Å²) in [5, 5.41) is 15.2. The standard InChI is InChI=1S/C25H32N4OS2/c1-17(2)21-13-7-9-18(3)24(21)26-23(30)16-32-25-28-27-22(15-20-12-8-14-31-20)29(25)19-10-5-4-6-11-19/h7-9,12-14,17,19H,4-6,10-11,15-16H2,1-3H3,(H,26,30). The lowest BCUT2D eigenvalue weighted by molar-refractivity contribution is -0.113. The van der Waals surface area contributed by atoms with E-state index in [1.54, 1.807) is 11.3 Å². The number of benzene rings is 1. The Morgan fingerprint density at radius 3 is 2.72 bits per heavy atom. The van der Waals surface area contributed by atoms with Crippen LogP contribution in [0.15, 0.2) is 40.9 Å². The third kappa shape index (κ3) is 5.44. The first-order valence-electron chi connectivity index (χ1n) is 11.5. The molecular formula is C25H32N4OS2. The van der Waals surface area contributed by atoms with Crippen LogP contribution in [0.3, 0.4) is 0 Å². The van der Waals surface area contributed by atoms with Gasteiger partial charge in [-0.2, -0.15) is 0 Å². The molecule has 3 aromatic rings. The Morgan fingerprint density at radius 2 is 2.00 bits per heavy atom. The van der Waals surface area contributed by atoms with Gasteiger partial charge in [0, 0.05) is 23.0 Å². The van der Waals surface area contributed by atoms with E-state index in [2.05, 4.69) is 63.6 Å². The Morgan fingerprint density at radius 1 is 1.19 bits per heavy atom. The van der Waals surface area contributed by atoms with E-state index < -0.39 is 0 Å². The normalized spacial score (nSPS) is 14.8. The van der Waals surface area contributed by atoms with Gasteiger partial charge in [-0.1, -0.05) is 69.1 Å². The van der Waals surface area contributed by atoms with Gasteiger partial charge in [0.2, 0.25) is 5.91 Å². The molecule has 5 nitrogen and oxygen atoms in total. The summed E-state index contributed by atoms with van der Waals surface area (Å²) in [6.45, 7) is 6.35. The van der Waals surface area contributed by atoms with E-state index in [1.165, 1.54) is 41.5 Å². The van der Waals surface area contributed by atoms with Crippen LogP contribution in [0.25, 0.3) is 0 Å². The number of hydrogen-bond acceptors (Lipinski definition) is 5. The summed E-state index contributed by atoms with van der Waals surface area (Å²) in [6.07, 6.45) is 6.92. The molecule has 0 saturated heterocycles. The van der Waals surface area contributed by atoms with Crippen molar-refractivity contribution in [3.63, 3.8) is 0 Å². The van der Waals surface area contributed by atoms with Crippen LogP contribution >= 0.6 is 23.1 Å². The van der Waals surface area contributed by atoms with E-state index in [4.69, 9.17) is 0 Å². The molecule has 0 bridgehead atoms. The fourth-order valence-electron chi connectivity index (χ4n) is 4.45. The number of amides is 1. The summed E-state index contributed by atoms with van der Waals surface area (Å²) in [5.41, 5.74) is 3.21. The summed E-state index contributed by atoms with van der Waals surface area (Å²) in [7, 11) is 0. The highest BCUT2D eigenvalue weighted by molar-refractivity contribution is 7.99. The molecule has 1 aliphatic rings. The van der Waals surface area contributed by atoms with Crippen LogP contribution in [0.2, 0.25) is 0 Å². The second-order valence-electron chi connectivity index (χ2n) is 8.85. The van der Waals surface area contributed by atoms with Gasteiger partial charge in [-0.25, -0.2) is 0 Å². The number of carbonyl (C=O) groups excluding carboxylic acids is 1. The topological polar surface area (TPSA) is 59.8 Å². The van der Waals surface area contributed by atoms with Crippen molar-refractivity contribution in [2.24, 2.45) is 0 Å². The van der Waals surface area contributed by atoms with Crippen LogP contribution in [0.5, 0.6) is 0 Å². The van der Waals surface area contributed by atoms with E-state index in [1.807, 2.05) is 13.0 Å². The lowest BCUT2D eigenvalue weighted by Gasteiger charge is -2.25. The summed E-state index contributed by atoms with van der Waals surface area (Å²) in [5.74, 6) is 1.70. The highest BCUT2D eigenvalue weighted by atomic mass is 32.2. The molecule has 0 radical (unpaired) electrons. The first-order valence-corrected chi connectivity index (χ1v) is 13.4. The van der Waals surface area contributed by atoms with Crippen molar-refractivity contribution in [3.8, 4) is 0 Å². The number of anilines is 1. The summed E-state index contributed by atoms with van der Waals surface area (Å²) < 4.78 is 2.32. The SMILES string of the molecule is Cc1cccc(C(C)C)c1NC(=O)CSc1nnc(Cc2cccs2)n1C1CCCCC1. The van der Waals surface area contributed by atoms with Crippen LogP contribution in [0.4, 0.5) is 5.69 Å². The zero-order valence-corrected chi connectivity index (χ0v) is 20.8. The molecule has 1 aliphatic carbocycles. The molecule has 1 aromatic carbocycles. The van der Waals surface area contributed by atoms with Gasteiger partial charge in [-0.15, -0.1) is 21.5 Å². The molecule has 1 N–H and O–H groups in total. The third-order valence-electron chi connectivity index (χ3n) is 6.11. The molecule has 4 rings (SSSR count). The Hall–Kier alpha value is -2.12. The van der Waals surface area contributed by atoms with Crippen molar-refractivity contribution in [1.82, 2.24) is 14.8 Å². The van der Waals surface area contributed by atoms with Crippen molar-refractivity contribution in [3.05, 3.63) is 57.5 Å². The van der Waals surface area contributed by atoms with Crippen molar-refractivity contribution in [2.45, 2.75) is 76.4 Å². The molecule has 1 amide bonds. The van der Waals surface area contributed by atoms with Gasteiger partial charge in [-0.05, 0) is 48.3 Å². The van der Waals surface area contributed by atoms with Crippen molar-refractivity contribution in [1.29, 1.82) is 0 Å². The van der Waals surface area contributed by atoms with E-state index in [0.717, 1.165) is 41.5 Å². The number of carbonyl (C=O) groups is 1. The number of thioether (sulfide) groups is 1. The summed E-state index contributed by atoms with van der Waals surface area (Å²) in [6, 6.07) is 10.9. The Labute approximate surface area is 199 Å². The maximum atomic E-state index is 12.9. The number of thiophene rings is 1. The lowest BCUT2D eigenvalue weighted by atomic mass is 9.95. The van der Waals surface area contributed by atoms with Gasteiger partial charge in [0.25, 0.3) is 0 Å². The van der Waals surface area contributed by atoms with Crippen LogP contribution in [-0.2, 0) is 11.2 Å². The van der Waals surface area contributed by atoms with Gasteiger partial charge < -0.3 is 9.88 Å². The number of hydrogen-bond donors (Lipinski definition) is 1. The van der Waals surface area contributed by atoms with Crippen molar-refractivity contribution < 1.29 is 4.79 Å². The second kappa shape index (κ2) is 10.7. The average Bonchev–Trinajstić information content (AvgIpc) is 3.44. The highest BCUT2D eigenvalue weighted by Crippen LogP contribution is 2.34. The van der Waals surface area contributed by atoms with Crippen LogP contribution in [0, 0.1) is 6.92 Å². The fourth-order valence-corrected chi connectivity index (χ4v) is 5.98. The average molecular weight is 469 g/mol. The number of nitrogens with zero attached hydrogens (tertiary/aromatic N) is 3. The maximum absolute atomic E-state index is 12.9. The van der Waals surface area contributed by atoms with Gasteiger partial charge >= 0.3 is 0 Å². The molecule has 0 spiro atoms. The zero-order valence-electron chi connectivity index (χ0n) is 19.1. The van der Waals surface area contributed by atoms with E-state index in [-0.39, 0.29) is 5.91 Å². The molecule has 1 fully saturated rings. The van der Waals surface area contributed by atoms with Crippen LogP contribution in [-0.4, -0.2) is 26.4 Å². The van der Waals surface area contributed by atoms with E-state index >= 15 is 0 Å². The number of rotatable bonds is 8. The zero-order chi connectivity index (χ0) is 22.5. The number of aromatic nitrogens is 3. The molecule has 7 heteroatoms. The Balaban J connectivity index is 1.49. The largest absolute Gasteiger partial charge is 0.325 e. The highest BCUT2D eigenvalue weighted by Gasteiger charge is 2.24. The monoisotopic (exact) mass is 468 g/mol. The number of para-hydroxylation sites is 1. The lowest BCUT2D eigenvalue weighted by Crippen LogP contribution is -2.19. The van der Waals surface area contributed by atoms with E-state index in [9.17, 15) is 4.79 Å². The summed E-state index contributed by atoms with van der Waals surface area (Å²) >= 11 is 3.26. The van der Waals surface area contributed by atoms with Gasteiger partial charge in [0.1, 0.15) is 5.82 Å². The first kappa shape index (κ1) is 23.1. The predicted octanol–water partition coefficient (Wildman–Crippen LogP) is 6.60. The first-order chi connectivity index (χ1) is 15.5. The smallest absolute Gasteiger partial charge is 0.234 e. The molecule has 0 aliphatic heterocycles. The minimum Gasteiger partial charge on any atom is -0.325 e. The molecule has 2 heterocycles. The second-order valence-corrected chi connectivity index (χ2v) is 10.8. The van der Waals surface area contributed by atoms with Crippen molar-refractivity contribution >= 4 is 34.7 Å². The Bertz CT molecular complexity index is 1040.